The minimum Gasteiger partial charge on any atom is -0.496 e. The molecule has 3 rings (SSSR count). The largest absolute Gasteiger partial charge is 0.496 e. The normalized spacial score (nSPS) is 12.5. The number of fused-ring (bicyclic) bond motifs is 1. The van der Waals surface area contributed by atoms with Gasteiger partial charge in [0, 0.05) is 25.7 Å². The number of hydrogen-bond donors (Lipinski definition) is 0. The number of rotatable bonds is 8. The van der Waals surface area contributed by atoms with Crippen molar-refractivity contribution in [3.05, 3.63) is 65.2 Å². The molecule has 0 aromatic heterocycles. The standard InChI is InChI=1S/C22H22N2O6/c1-23(13-15-7-3-6-10-18(15)29-2)19(25)14-30-20(26)11-12-24-21(27)16-8-4-5-9-17(16)22(24)28/h3-10H,11-14H2,1-2H3. The van der Waals surface area contributed by atoms with Crippen LogP contribution in [-0.2, 0) is 20.9 Å². The number of imide groups is 1. The molecule has 0 radical (unpaired) electrons. The van der Waals surface area contributed by atoms with Crippen LogP contribution in [0.25, 0.3) is 0 Å². The van der Waals surface area contributed by atoms with Crippen molar-refractivity contribution in [3.63, 3.8) is 0 Å². The Morgan fingerprint density at radius 3 is 2.20 bits per heavy atom. The van der Waals surface area contributed by atoms with Crippen LogP contribution in [0.4, 0.5) is 0 Å². The van der Waals surface area contributed by atoms with Gasteiger partial charge < -0.3 is 14.4 Å². The minimum absolute atomic E-state index is 0.101. The van der Waals surface area contributed by atoms with Gasteiger partial charge in [-0.15, -0.1) is 0 Å². The Morgan fingerprint density at radius 2 is 1.57 bits per heavy atom. The molecule has 0 unspecified atom stereocenters. The van der Waals surface area contributed by atoms with Crippen molar-refractivity contribution in [1.29, 1.82) is 0 Å². The first-order valence-electron chi connectivity index (χ1n) is 9.39. The fourth-order valence-corrected chi connectivity index (χ4v) is 3.15. The molecule has 1 aliphatic rings. The van der Waals surface area contributed by atoms with Crippen LogP contribution in [0, 0.1) is 0 Å². The molecule has 0 N–H and O–H groups in total. The summed E-state index contributed by atoms with van der Waals surface area (Å²) in [5.41, 5.74) is 1.47. The van der Waals surface area contributed by atoms with Crippen molar-refractivity contribution in [2.24, 2.45) is 0 Å². The average molecular weight is 410 g/mol. The van der Waals surface area contributed by atoms with E-state index in [0.29, 0.717) is 23.4 Å². The number of hydrogen-bond acceptors (Lipinski definition) is 6. The summed E-state index contributed by atoms with van der Waals surface area (Å²) in [4.78, 5) is 51.3. The second kappa shape index (κ2) is 9.21. The molecular formula is C22H22N2O6. The van der Waals surface area contributed by atoms with Crippen molar-refractivity contribution < 1.29 is 28.7 Å². The lowest BCUT2D eigenvalue weighted by atomic mass is 10.1. The van der Waals surface area contributed by atoms with Crippen LogP contribution in [0.5, 0.6) is 5.75 Å². The molecule has 3 amide bonds. The van der Waals surface area contributed by atoms with E-state index in [-0.39, 0.29) is 18.9 Å². The number of carbonyl (C=O) groups is 4. The van der Waals surface area contributed by atoms with Gasteiger partial charge in [-0.25, -0.2) is 0 Å². The van der Waals surface area contributed by atoms with Gasteiger partial charge in [0.25, 0.3) is 17.7 Å². The number of nitrogens with zero attached hydrogens (tertiary/aromatic N) is 2. The van der Waals surface area contributed by atoms with E-state index < -0.39 is 24.4 Å². The fourth-order valence-electron chi connectivity index (χ4n) is 3.15. The van der Waals surface area contributed by atoms with Crippen LogP contribution in [0.2, 0.25) is 0 Å². The molecule has 8 nitrogen and oxygen atoms in total. The van der Waals surface area contributed by atoms with E-state index in [4.69, 9.17) is 9.47 Å². The first kappa shape index (κ1) is 21.0. The molecule has 2 aromatic rings. The second-order valence-electron chi connectivity index (χ2n) is 6.78. The maximum atomic E-state index is 12.3. The van der Waals surface area contributed by atoms with Crippen LogP contribution in [-0.4, -0.2) is 60.8 Å². The molecule has 0 atom stereocenters. The van der Waals surface area contributed by atoms with Crippen LogP contribution < -0.4 is 4.74 Å². The lowest BCUT2D eigenvalue weighted by molar-refractivity contribution is -0.151. The number of likely N-dealkylation sites (N-methyl/N-ethyl adjacent to an activating group) is 1. The maximum Gasteiger partial charge on any atom is 0.308 e. The van der Waals surface area contributed by atoms with Gasteiger partial charge in [0.1, 0.15) is 5.75 Å². The molecule has 0 spiro atoms. The summed E-state index contributed by atoms with van der Waals surface area (Å²) in [6.45, 7) is -0.224. The van der Waals surface area contributed by atoms with Crippen molar-refractivity contribution in [2.75, 3.05) is 27.3 Å². The number of esters is 1. The van der Waals surface area contributed by atoms with Gasteiger partial charge in [-0.1, -0.05) is 30.3 Å². The topological polar surface area (TPSA) is 93.2 Å². The number of para-hydroxylation sites is 1. The molecule has 8 heteroatoms. The van der Waals surface area contributed by atoms with Crippen LogP contribution in [0.3, 0.4) is 0 Å². The highest BCUT2D eigenvalue weighted by Crippen LogP contribution is 2.22. The average Bonchev–Trinajstić information content (AvgIpc) is 3.01. The van der Waals surface area contributed by atoms with Gasteiger partial charge in [0.15, 0.2) is 6.61 Å². The maximum absolute atomic E-state index is 12.3. The summed E-state index contributed by atoms with van der Waals surface area (Å²) in [6, 6.07) is 13.8. The molecule has 0 bridgehead atoms. The predicted molar refractivity (Wildman–Crippen MR) is 107 cm³/mol. The lowest BCUT2D eigenvalue weighted by Crippen LogP contribution is -2.33. The Labute approximate surface area is 174 Å². The molecule has 0 saturated carbocycles. The Balaban J connectivity index is 1.46. The molecule has 30 heavy (non-hydrogen) atoms. The first-order chi connectivity index (χ1) is 14.4. The van der Waals surface area contributed by atoms with E-state index in [9.17, 15) is 19.2 Å². The number of carbonyl (C=O) groups excluding carboxylic acids is 4. The highest BCUT2D eigenvalue weighted by Gasteiger charge is 2.35. The van der Waals surface area contributed by atoms with Crippen molar-refractivity contribution in [3.8, 4) is 5.75 Å². The first-order valence-corrected chi connectivity index (χ1v) is 9.39. The van der Waals surface area contributed by atoms with Crippen molar-refractivity contribution in [1.82, 2.24) is 9.80 Å². The second-order valence-corrected chi connectivity index (χ2v) is 6.78. The summed E-state index contributed by atoms with van der Waals surface area (Å²) in [7, 11) is 3.15. The van der Waals surface area contributed by atoms with Gasteiger partial charge >= 0.3 is 5.97 Å². The SMILES string of the molecule is COc1ccccc1CN(C)C(=O)COC(=O)CCN1C(=O)c2ccccc2C1=O. The van der Waals surface area contributed by atoms with Gasteiger partial charge in [0.05, 0.1) is 24.7 Å². The number of methoxy groups -OCH3 is 1. The Bertz CT molecular complexity index is 952. The monoisotopic (exact) mass is 410 g/mol. The molecule has 0 aliphatic carbocycles. The van der Waals surface area contributed by atoms with E-state index in [2.05, 4.69) is 0 Å². The molecule has 0 saturated heterocycles. The number of benzene rings is 2. The zero-order valence-corrected chi connectivity index (χ0v) is 16.8. The molecule has 156 valence electrons. The van der Waals surface area contributed by atoms with Gasteiger partial charge in [-0.2, -0.15) is 0 Å². The lowest BCUT2D eigenvalue weighted by Gasteiger charge is -2.19. The van der Waals surface area contributed by atoms with E-state index >= 15 is 0 Å². The Morgan fingerprint density at radius 1 is 0.967 bits per heavy atom. The third-order valence-electron chi connectivity index (χ3n) is 4.80. The van der Waals surface area contributed by atoms with Crippen LogP contribution in [0.15, 0.2) is 48.5 Å². The van der Waals surface area contributed by atoms with Gasteiger partial charge in [-0.3, -0.25) is 24.1 Å². The van der Waals surface area contributed by atoms with E-state index in [0.717, 1.165) is 10.5 Å². The summed E-state index contributed by atoms with van der Waals surface area (Å²) in [5.74, 6) is -1.25. The third kappa shape index (κ3) is 4.48. The minimum atomic E-state index is -0.661. The zero-order chi connectivity index (χ0) is 21.7. The molecule has 1 heterocycles. The summed E-state index contributed by atoms with van der Waals surface area (Å²) < 4.78 is 10.3. The Kier molecular flexibility index (Phi) is 6.46. The smallest absolute Gasteiger partial charge is 0.308 e. The Hall–Kier alpha value is -3.68. The highest BCUT2D eigenvalue weighted by atomic mass is 16.5. The molecular weight excluding hydrogens is 388 g/mol. The van der Waals surface area contributed by atoms with Crippen LogP contribution >= 0.6 is 0 Å². The van der Waals surface area contributed by atoms with Crippen molar-refractivity contribution in [2.45, 2.75) is 13.0 Å². The predicted octanol–water partition coefficient (Wildman–Crippen LogP) is 1.88. The fraction of sp³-hybridized carbons (Fsp3) is 0.273. The van der Waals surface area contributed by atoms with E-state index in [1.54, 1.807) is 44.5 Å². The number of ether oxygens (including phenoxy) is 2. The highest BCUT2D eigenvalue weighted by molar-refractivity contribution is 6.21. The van der Waals surface area contributed by atoms with E-state index in [1.165, 1.54) is 4.90 Å². The molecule has 0 fully saturated rings. The summed E-state index contributed by atoms with van der Waals surface area (Å²) in [6.07, 6.45) is -0.186. The summed E-state index contributed by atoms with van der Waals surface area (Å²) >= 11 is 0. The third-order valence-corrected chi connectivity index (χ3v) is 4.80. The van der Waals surface area contributed by atoms with Gasteiger partial charge in [-0.05, 0) is 18.2 Å². The van der Waals surface area contributed by atoms with Crippen LogP contribution in [0.1, 0.15) is 32.7 Å². The number of amides is 3. The summed E-state index contributed by atoms with van der Waals surface area (Å²) in [5, 5.41) is 0. The molecule has 1 aliphatic heterocycles. The zero-order valence-electron chi connectivity index (χ0n) is 16.8. The van der Waals surface area contributed by atoms with E-state index in [1.807, 2.05) is 18.2 Å². The molecule has 2 aromatic carbocycles. The quantitative estimate of drug-likeness (QED) is 0.487. The van der Waals surface area contributed by atoms with Crippen molar-refractivity contribution >= 4 is 23.7 Å². The van der Waals surface area contributed by atoms with Gasteiger partial charge in [0.2, 0.25) is 0 Å².